The van der Waals surface area contributed by atoms with Gasteiger partial charge in [0.05, 0.1) is 0 Å². The van der Waals surface area contributed by atoms with E-state index in [9.17, 15) is 0 Å². The summed E-state index contributed by atoms with van der Waals surface area (Å²) < 4.78 is 5.14. The first kappa shape index (κ1) is 6.86. The minimum absolute atomic E-state index is 0.622. The highest BCUT2D eigenvalue weighted by atomic mass is 16.5. The fourth-order valence-electron chi connectivity index (χ4n) is 0.641. The molecule has 0 saturated heterocycles. The number of nitrogens with two attached hydrogens (primary N) is 1. The van der Waals surface area contributed by atoms with Gasteiger partial charge in [-0.05, 0) is 12.3 Å². The van der Waals surface area contributed by atoms with Gasteiger partial charge in [-0.1, -0.05) is 6.08 Å². The molecule has 54 valence electrons. The molecule has 1 rings (SSSR count). The molecule has 0 bridgehead atoms. The monoisotopic (exact) mass is 138 g/mol. The molecule has 0 fully saturated rings. The van der Waals surface area contributed by atoms with E-state index < -0.39 is 0 Å². The fourth-order valence-corrected chi connectivity index (χ4v) is 0.641. The van der Waals surface area contributed by atoms with Crippen molar-refractivity contribution in [3.05, 3.63) is 24.6 Å². The molecule has 0 atom stereocenters. The molecule has 1 aliphatic heterocycles. The quantitative estimate of drug-likeness (QED) is 0.613. The molecule has 0 amide bonds. The normalized spacial score (nSPS) is 17.0. The maximum absolute atomic E-state index is 5.14. The molecule has 0 aromatic rings. The molecule has 3 heteroatoms. The highest BCUT2D eigenvalue weighted by molar-refractivity contribution is 5.78. The molecule has 0 spiro atoms. The van der Waals surface area contributed by atoms with Crippen LogP contribution in [-0.2, 0) is 4.74 Å². The van der Waals surface area contributed by atoms with Crippen molar-refractivity contribution < 1.29 is 4.74 Å². The Labute approximate surface area is 59.9 Å². The molecule has 1 aliphatic rings. The van der Waals surface area contributed by atoms with Gasteiger partial charge < -0.3 is 10.5 Å². The molecule has 0 aromatic carbocycles. The van der Waals surface area contributed by atoms with E-state index in [1.807, 2.05) is 6.08 Å². The molecule has 10 heavy (non-hydrogen) atoms. The number of nitrogens with zero attached hydrogens (tertiary/aromatic N) is 1. The maximum atomic E-state index is 5.14. The van der Waals surface area contributed by atoms with Crippen LogP contribution in [0.4, 0.5) is 0 Å². The van der Waals surface area contributed by atoms with Crippen molar-refractivity contribution in [2.45, 2.75) is 6.42 Å². The van der Waals surface area contributed by atoms with Crippen LogP contribution in [-0.4, -0.2) is 12.5 Å². The zero-order valence-electron chi connectivity index (χ0n) is 5.66. The number of rotatable bonds is 2. The summed E-state index contributed by atoms with van der Waals surface area (Å²) in [7, 11) is 0. The van der Waals surface area contributed by atoms with Gasteiger partial charge in [-0.25, -0.2) is 4.99 Å². The Morgan fingerprint density at radius 1 is 1.80 bits per heavy atom. The first-order valence-corrected chi connectivity index (χ1v) is 3.14. The summed E-state index contributed by atoms with van der Waals surface area (Å²) in [5.41, 5.74) is 5.14. The number of hydrogen-bond donors (Lipinski definition) is 1. The van der Waals surface area contributed by atoms with Gasteiger partial charge >= 0.3 is 0 Å². The van der Waals surface area contributed by atoms with Crippen molar-refractivity contribution in [1.29, 1.82) is 0 Å². The summed E-state index contributed by atoms with van der Waals surface area (Å²) in [5, 5.41) is 0. The minimum atomic E-state index is 0.622. The molecular formula is C7H10N2O. The van der Waals surface area contributed by atoms with Gasteiger partial charge in [0.15, 0.2) is 5.90 Å². The third kappa shape index (κ3) is 1.93. The Bertz CT molecular complexity index is 182. The third-order valence-corrected chi connectivity index (χ3v) is 1.10. The SMILES string of the molecule is NC=CCC1=NC=CCO1. The predicted molar refractivity (Wildman–Crippen MR) is 40.5 cm³/mol. The highest BCUT2D eigenvalue weighted by Gasteiger charge is 1.97. The molecule has 3 nitrogen and oxygen atoms in total. The van der Waals surface area contributed by atoms with E-state index in [0.29, 0.717) is 13.0 Å². The van der Waals surface area contributed by atoms with E-state index in [2.05, 4.69) is 4.99 Å². The van der Waals surface area contributed by atoms with E-state index in [1.54, 1.807) is 12.3 Å². The van der Waals surface area contributed by atoms with E-state index in [-0.39, 0.29) is 0 Å². The van der Waals surface area contributed by atoms with Crippen molar-refractivity contribution in [2.75, 3.05) is 6.61 Å². The largest absolute Gasteiger partial charge is 0.476 e. The van der Waals surface area contributed by atoms with Crippen molar-refractivity contribution in [3.63, 3.8) is 0 Å². The van der Waals surface area contributed by atoms with Crippen molar-refractivity contribution in [3.8, 4) is 0 Å². The first-order chi connectivity index (χ1) is 4.93. The maximum Gasteiger partial charge on any atom is 0.192 e. The van der Waals surface area contributed by atoms with Gasteiger partial charge in [0.25, 0.3) is 0 Å². The lowest BCUT2D eigenvalue weighted by Gasteiger charge is -2.06. The van der Waals surface area contributed by atoms with Crippen LogP contribution in [0.1, 0.15) is 6.42 Å². The average molecular weight is 138 g/mol. The smallest absolute Gasteiger partial charge is 0.192 e. The van der Waals surface area contributed by atoms with Gasteiger partial charge in [0, 0.05) is 12.6 Å². The molecule has 0 aromatic heterocycles. The van der Waals surface area contributed by atoms with Crippen molar-refractivity contribution in [1.82, 2.24) is 0 Å². The van der Waals surface area contributed by atoms with Crippen LogP contribution in [0.25, 0.3) is 0 Å². The summed E-state index contributed by atoms with van der Waals surface area (Å²) >= 11 is 0. The van der Waals surface area contributed by atoms with E-state index in [0.717, 1.165) is 5.90 Å². The summed E-state index contributed by atoms with van der Waals surface area (Å²) in [6.45, 7) is 0.622. The van der Waals surface area contributed by atoms with Crippen LogP contribution in [0.2, 0.25) is 0 Å². The second kappa shape index (κ2) is 3.71. The molecule has 0 saturated carbocycles. The van der Waals surface area contributed by atoms with Gasteiger partial charge in [0.2, 0.25) is 0 Å². The van der Waals surface area contributed by atoms with Gasteiger partial charge in [-0.2, -0.15) is 0 Å². The van der Waals surface area contributed by atoms with Crippen LogP contribution in [0.3, 0.4) is 0 Å². The molecule has 1 heterocycles. The Kier molecular flexibility index (Phi) is 2.55. The zero-order valence-corrected chi connectivity index (χ0v) is 5.66. The van der Waals surface area contributed by atoms with Crippen LogP contribution < -0.4 is 5.73 Å². The van der Waals surface area contributed by atoms with Crippen LogP contribution in [0, 0.1) is 0 Å². The van der Waals surface area contributed by atoms with Crippen LogP contribution in [0.15, 0.2) is 29.5 Å². The number of ether oxygens (including phenoxy) is 1. The summed E-state index contributed by atoms with van der Waals surface area (Å²) in [6, 6.07) is 0. The second-order valence-electron chi connectivity index (χ2n) is 1.85. The highest BCUT2D eigenvalue weighted by Crippen LogP contribution is 1.97. The fraction of sp³-hybridized carbons (Fsp3) is 0.286. The molecule has 0 aliphatic carbocycles. The minimum Gasteiger partial charge on any atom is -0.476 e. The van der Waals surface area contributed by atoms with E-state index in [4.69, 9.17) is 10.5 Å². The van der Waals surface area contributed by atoms with Crippen LogP contribution >= 0.6 is 0 Å². The summed E-state index contributed by atoms with van der Waals surface area (Å²) in [4.78, 5) is 3.97. The lowest BCUT2D eigenvalue weighted by Crippen LogP contribution is -2.06. The molecule has 0 radical (unpaired) electrons. The molecule has 2 N–H and O–H groups in total. The molecule has 0 unspecified atom stereocenters. The number of aliphatic imine (C=N–C) groups is 1. The van der Waals surface area contributed by atoms with E-state index in [1.165, 1.54) is 6.20 Å². The van der Waals surface area contributed by atoms with Gasteiger partial charge in [0.1, 0.15) is 6.61 Å². The lowest BCUT2D eigenvalue weighted by atomic mass is 10.4. The Morgan fingerprint density at radius 3 is 3.30 bits per heavy atom. The molecular weight excluding hydrogens is 128 g/mol. The Balaban J connectivity index is 2.39. The standard InChI is InChI=1S/C7H10N2O/c8-4-1-3-7-9-5-2-6-10-7/h1-2,4-5H,3,6,8H2. The van der Waals surface area contributed by atoms with Crippen molar-refractivity contribution in [2.24, 2.45) is 10.7 Å². The summed E-state index contributed by atoms with van der Waals surface area (Å²) in [6.07, 6.45) is 7.57. The predicted octanol–water partition coefficient (Wildman–Crippen LogP) is 0.791. The third-order valence-electron chi connectivity index (χ3n) is 1.10. The zero-order chi connectivity index (χ0) is 7.23. The number of hydrogen-bond acceptors (Lipinski definition) is 3. The van der Waals surface area contributed by atoms with Crippen molar-refractivity contribution >= 4 is 5.90 Å². The first-order valence-electron chi connectivity index (χ1n) is 3.14. The second-order valence-corrected chi connectivity index (χ2v) is 1.85. The average Bonchev–Trinajstić information content (AvgIpc) is 2.03. The summed E-state index contributed by atoms with van der Waals surface area (Å²) in [5.74, 6) is 0.726. The lowest BCUT2D eigenvalue weighted by molar-refractivity contribution is 0.337. The van der Waals surface area contributed by atoms with Crippen LogP contribution in [0.5, 0.6) is 0 Å². The van der Waals surface area contributed by atoms with Gasteiger partial charge in [-0.15, -0.1) is 0 Å². The Hall–Kier alpha value is -1.25. The Morgan fingerprint density at radius 2 is 2.70 bits per heavy atom. The van der Waals surface area contributed by atoms with E-state index >= 15 is 0 Å². The topological polar surface area (TPSA) is 47.6 Å². The van der Waals surface area contributed by atoms with Gasteiger partial charge in [-0.3, -0.25) is 0 Å².